The molecule has 4 aromatic heterocycles. The first-order valence-corrected chi connectivity index (χ1v) is 11.3. The number of morpholine rings is 1. The molecule has 8 nitrogen and oxygen atoms in total. The number of nitrogens with one attached hydrogen (secondary N) is 1. The van der Waals surface area contributed by atoms with E-state index in [4.69, 9.17) is 9.72 Å². The molecule has 0 bridgehead atoms. The Morgan fingerprint density at radius 2 is 2.03 bits per heavy atom. The summed E-state index contributed by atoms with van der Waals surface area (Å²) in [6, 6.07) is 9.70. The van der Waals surface area contributed by atoms with Crippen LogP contribution in [-0.4, -0.2) is 49.9 Å². The summed E-state index contributed by atoms with van der Waals surface area (Å²) in [7, 11) is 0. The minimum atomic E-state index is -0.298. The van der Waals surface area contributed by atoms with E-state index >= 15 is 0 Å². The third kappa shape index (κ3) is 3.96. The van der Waals surface area contributed by atoms with Crippen LogP contribution in [-0.2, 0) is 4.74 Å². The molecule has 1 amide bonds. The highest BCUT2D eigenvalue weighted by Crippen LogP contribution is 2.27. The summed E-state index contributed by atoms with van der Waals surface area (Å²) in [5.74, 6) is 0.614. The van der Waals surface area contributed by atoms with Gasteiger partial charge in [-0.1, -0.05) is 12.1 Å². The monoisotopic (exact) mass is 448 g/mol. The maximum Gasteiger partial charge on any atom is 0.274 e. The molecule has 1 atom stereocenters. The summed E-state index contributed by atoms with van der Waals surface area (Å²) in [6.07, 6.45) is 3.39. The fourth-order valence-electron chi connectivity index (χ4n) is 3.77. The molecule has 164 valence electrons. The molecule has 0 aromatic carbocycles. The number of nitrogens with zero attached hydrogens (tertiary/aromatic N) is 5. The number of hydrogen-bond donors (Lipinski definition) is 1. The number of ether oxygens (including phenoxy) is 1. The lowest BCUT2D eigenvalue weighted by Crippen LogP contribution is -2.42. The summed E-state index contributed by atoms with van der Waals surface area (Å²) in [4.78, 5) is 29.9. The number of pyridine rings is 2. The third-order valence-electron chi connectivity index (χ3n) is 5.61. The zero-order valence-corrected chi connectivity index (χ0v) is 19.0. The second-order valence-electron chi connectivity index (χ2n) is 7.89. The average Bonchev–Trinajstić information content (AvgIpc) is 3.37. The van der Waals surface area contributed by atoms with E-state index in [-0.39, 0.29) is 12.0 Å². The molecule has 5 rings (SSSR count). The van der Waals surface area contributed by atoms with E-state index < -0.39 is 0 Å². The van der Waals surface area contributed by atoms with Crippen LogP contribution >= 0.6 is 11.3 Å². The number of imidazole rings is 1. The van der Waals surface area contributed by atoms with Crippen LogP contribution in [0, 0.1) is 20.8 Å². The number of carbonyl (C=O) groups is 1. The van der Waals surface area contributed by atoms with Gasteiger partial charge in [-0.3, -0.25) is 4.79 Å². The molecule has 0 unspecified atom stereocenters. The van der Waals surface area contributed by atoms with Gasteiger partial charge in [0.05, 0.1) is 24.5 Å². The Morgan fingerprint density at radius 1 is 1.16 bits per heavy atom. The SMILES string of the molecule is Cc1nc(Nc2cccc([C@@H]3CN(C(=O)c4cn5cccc(C)c5n4)CCO3)n2)sc1C. The molecule has 1 saturated heterocycles. The smallest absolute Gasteiger partial charge is 0.274 e. The average molecular weight is 449 g/mol. The molecule has 0 radical (unpaired) electrons. The van der Waals surface area contributed by atoms with Crippen LogP contribution in [0.2, 0.25) is 0 Å². The number of amides is 1. The van der Waals surface area contributed by atoms with E-state index in [2.05, 4.69) is 15.3 Å². The van der Waals surface area contributed by atoms with E-state index in [0.717, 1.165) is 27.7 Å². The Balaban J connectivity index is 1.33. The van der Waals surface area contributed by atoms with Crippen molar-refractivity contribution in [3.63, 3.8) is 0 Å². The molecule has 9 heteroatoms. The van der Waals surface area contributed by atoms with Gasteiger partial charge in [-0.25, -0.2) is 15.0 Å². The molecule has 1 aliphatic heterocycles. The molecule has 0 aliphatic carbocycles. The minimum absolute atomic E-state index is 0.0931. The molecule has 4 aromatic rings. The lowest BCUT2D eigenvalue weighted by molar-refractivity contribution is -0.0248. The number of thiazole rings is 1. The van der Waals surface area contributed by atoms with Crippen LogP contribution in [0.25, 0.3) is 5.65 Å². The van der Waals surface area contributed by atoms with E-state index in [1.807, 2.05) is 61.7 Å². The zero-order chi connectivity index (χ0) is 22.2. The fraction of sp³-hybridized carbons (Fsp3) is 0.304. The maximum atomic E-state index is 13.2. The van der Waals surface area contributed by atoms with Gasteiger partial charge in [0.25, 0.3) is 5.91 Å². The largest absolute Gasteiger partial charge is 0.368 e. The standard InChI is InChI=1S/C23H24N6O2S/c1-14-6-5-9-28-12-18(26-21(14)28)22(30)29-10-11-31-19(13-29)17-7-4-8-20(25-17)27-23-24-15(2)16(3)32-23/h4-9,12,19H,10-11,13H2,1-3H3,(H,24,25,27)/t19-/m0/s1. The molecule has 32 heavy (non-hydrogen) atoms. The summed E-state index contributed by atoms with van der Waals surface area (Å²) in [5.41, 5.74) is 4.07. The highest BCUT2D eigenvalue weighted by Gasteiger charge is 2.28. The van der Waals surface area contributed by atoms with Gasteiger partial charge in [0, 0.05) is 23.8 Å². The maximum absolute atomic E-state index is 13.2. The van der Waals surface area contributed by atoms with E-state index in [9.17, 15) is 4.79 Å². The van der Waals surface area contributed by atoms with Crippen molar-refractivity contribution in [3.8, 4) is 0 Å². The normalized spacial score (nSPS) is 16.5. The number of fused-ring (bicyclic) bond motifs is 1. The Morgan fingerprint density at radius 3 is 2.81 bits per heavy atom. The lowest BCUT2D eigenvalue weighted by atomic mass is 10.1. The predicted molar refractivity (Wildman–Crippen MR) is 124 cm³/mol. The zero-order valence-electron chi connectivity index (χ0n) is 18.2. The first-order chi connectivity index (χ1) is 15.5. The fourth-order valence-corrected chi connectivity index (χ4v) is 4.59. The van der Waals surface area contributed by atoms with Crippen molar-refractivity contribution in [2.24, 2.45) is 0 Å². The van der Waals surface area contributed by atoms with Crippen molar-refractivity contribution in [2.45, 2.75) is 26.9 Å². The van der Waals surface area contributed by atoms with Gasteiger partial charge >= 0.3 is 0 Å². The van der Waals surface area contributed by atoms with Gasteiger partial charge in [-0.05, 0) is 44.5 Å². The lowest BCUT2D eigenvalue weighted by Gasteiger charge is -2.32. The Kier molecular flexibility index (Phi) is 5.36. The highest BCUT2D eigenvalue weighted by molar-refractivity contribution is 7.15. The summed E-state index contributed by atoms with van der Waals surface area (Å²) in [5, 5.41) is 4.09. The topological polar surface area (TPSA) is 84.7 Å². The second kappa shape index (κ2) is 8.33. The third-order valence-corrected chi connectivity index (χ3v) is 6.60. The number of carbonyl (C=O) groups excluding carboxylic acids is 1. The number of hydrogen-bond acceptors (Lipinski definition) is 7. The van der Waals surface area contributed by atoms with Crippen molar-refractivity contribution in [1.29, 1.82) is 0 Å². The minimum Gasteiger partial charge on any atom is -0.368 e. The van der Waals surface area contributed by atoms with Gasteiger partial charge in [0.2, 0.25) is 0 Å². The molecule has 5 heterocycles. The van der Waals surface area contributed by atoms with E-state index in [1.165, 1.54) is 4.88 Å². The van der Waals surface area contributed by atoms with Crippen LogP contribution in [0.5, 0.6) is 0 Å². The summed E-state index contributed by atoms with van der Waals surface area (Å²) < 4.78 is 7.85. The molecule has 0 spiro atoms. The van der Waals surface area contributed by atoms with Gasteiger partial charge in [-0.2, -0.15) is 0 Å². The second-order valence-corrected chi connectivity index (χ2v) is 9.10. The van der Waals surface area contributed by atoms with Crippen LogP contribution in [0.4, 0.5) is 10.9 Å². The van der Waals surface area contributed by atoms with Crippen molar-refractivity contribution >= 4 is 33.8 Å². The number of aryl methyl sites for hydroxylation is 3. The number of aromatic nitrogens is 4. The molecular formula is C23H24N6O2S. The molecular weight excluding hydrogens is 424 g/mol. The van der Waals surface area contributed by atoms with Gasteiger partial charge < -0.3 is 19.4 Å². The summed E-state index contributed by atoms with van der Waals surface area (Å²) >= 11 is 1.60. The number of anilines is 2. The number of rotatable bonds is 4. The Labute approximate surface area is 189 Å². The molecule has 1 N–H and O–H groups in total. The van der Waals surface area contributed by atoms with Crippen molar-refractivity contribution in [1.82, 2.24) is 24.3 Å². The van der Waals surface area contributed by atoms with Gasteiger partial charge in [-0.15, -0.1) is 11.3 Å². The van der Waals surface area contributed by atoms with Crippen LogP contribution in [0.3, 0.4) is 0 Å². The molecule has 1 fully saturated rings. The quantitative estimate of drug-likeness (QED) is 0.507. The first kappa shape index (κ1) is 20.6. The Bertz CT molecular complexity index is 1280. The summed E-state index contributed by atoms with van der Waals surface area (Å²) in [6.45, 7) is 7.44. The van der Waals surface area contributed by atoms with Crippen molar-refractivity contribution in [2.75, 3.05) is 25.0 Å². The molecule has 1 aliphatic rings. The predicted octanol–water partition coefficient (Wildman–Crippen LogP) is 4.07. The highest BCUT2D eigenvalue weighted by atomic mass is 32.1. The van der Waals surface area contributed by atoms with E-state index in [1.54, 1.807) is 22.4 Å². The van der Waals surface area contributed by atoms with Crippen LogP contribution in [0.15, 0.2) is 42.7 Å². The van der Waals surface area contributed by atoms with Gasteiger partial charge in [0.15, 0.2) is 5.13 Å². The van der Waals surface area contributed by atoms with Crippen LogP contribution < -0.4 is 5.32 Å². The van der Waals surface area contributed by atoms with Gasteiger partial charge in [0.1, 0.15) is 23.3 Å². The first-order valence-electron chi connectivity index (χ1n) is 10.5. The van der Waals surface area contributed by atoms with Crippen molar-refractivity contribution < 1.29 is 9.53 Å². The Hall–Kier alpha value is -3.30. The van der Waals surface area contributed by atoms with E-state index in [0.29, 0.717) is 31.2 Å². The van der Waals surface area contributed by atoms with Crippen molar-refractivity contribution in [3.05, 3.63) is 70.2 Å². The van der Waals surface area contributed by atoms with Crippen LogP contribution in [0.1, 0.15) is 38.4 Å². The molecule has 0 saturated carbocycles.